The lowest BCUT2D eigenvalue weighted by molar-refractivity contribution is -0.120. The Morgan fingerprint density at radius 3 is 2.15 bits per heavy atom. The summed E-state index contributed by atoms with van der Waals surface area (Å²) in [6.45, 7) is 8.31. The topological polar surface area (TPSA) is 55.4 Å². The van der Waals surface area contributed by atoms with Gasteiger partial charge in [0.2, 0.25) is 0 Å². The van der Waals surface area contributed by atoms with Gasteiger partial charge in [-0.1, -0.05) is 6.58 Å². The highest BCUT2D eigenvalue weighted by atomic mass is 16.5. The Bertz CT molecular complexity index is 243. The first kappa shape index (κ1) is 11.7. The van der Waals surface area contributed by atoms with Gasteiger partial charge in [0.1, 0.15) is 5.54 Å². The summed E-state index contributed by atoms with van der Waals surface area (Å²) in [6.07, 6.45) is -0.625. The number of nitrogens with one attached hydrogen (secondary N) is 1. The van der Waals surface area contributed by atoms with Crippen LogP contribution in [0.25, 0.3) is 0 Å². The van der Waals surface area contributed by atoms with Crippen molar-refractivity contribution < 1.29 is 14.3 Å². The van der Waals surface area contributed by atoms with Crippen molar-refractivity contribution in [1.29, 1.82) is 0 Å². The fraction of sp³-hybridized carbons (Fsp3) is 0.556. The van der Waals surface area contributed by atoms with Gasteiger partial charge < -0.3 is 10.1 Å². The average molecular weight is 185 g/mol. The number of hydrogen-bond donors (Lipinski definition) is 1. The minimum absolute atomic E-state index is 0.210. The van der Waals surface area contributed by atoms with Crippen LogP contribution >= 0.6 is 0 Å². The lowest BCUT2D eigenvalue weighted by atomic mass is 9.95. The number of amides is 1. The van der Waals surface area contributed by atoms with Crippen LogP contribution in [0.1, 0.15) is 20.8 Å². The van der Waals surface area contributed by atoms with Gasteiger partial charge in [-0.3, -0.25) is 4.79 Å². The van der Waals surface area contributed by atoms with E-state index in [4.69, 9.17) is 0 Å². The smallest absolute Gasteiger partial charge is 0.407 e. The molecule has 0 aliphatic rings. The van der Waals surface area contributed by atoms with Crippen LogP contribution in [0.4, 0.5) is 4.79 Å². The minimum Gasteiger partial charge on any atom is -0.453 e. The van der Waals surface area contributed by atoms with Crippen molar-refractivity contribution >= 4 is 11.9 Å². The van der Waals surface area contributed by atoms with E-state index in [1.807, 2.05) is 0 Å². The number of alkyl carbamates (subject to hydrolysis) is 1. The highest BCUT2D eigenvalue weighted by molar-refractivity contribution is 6.02. The molecule has 0 atom stereocenters. The monoisotopic (exact) mass is 185 g/mol. The molecule has 0 aliphatic heterocycles. The summed E-state index contributed by atoms with van der Waals surface area (Å²) in [5.41, 5.74) is -0.555. The van der Waals surface area contributed by atoms with Crippen molar-refractivity contribution in [2.24, 2.45) is 0 Å². The molecule has 0 aromatic rings. The Labute approximate surface area is 78.0 Å². The molecule has 0 aromatic heterocycles. The fourth-order valence-corrected chi connectivity index (χ4v) is 0.896. The Balaban J connectivity index is 4.48. The molecule has 0 heterocycles. The number of carbonyl (C=O) groups excluding carboxylic acids is 2. The number of ether oxygens (including phenoxy) is 1. The summed E-state index contributed by atoms with van der Waals surface area (Å²) < 4.78 is 4.38. The molecule has 0 fully saturated rings. The molecular formula is C9H15NO3. The van der Waals surface area contributed by atoms with Crippen LogP contribution < -0.4 is 5.32 Å². The van der Waals surface area contributed by atoms with E-state index in [1.165, 1.54) is 7.11 Å². The fourth-order valence-electron chi connectivity index (χ4n) is 0.896. The van der Waals surface area contributed by atoms with E-state index in [2.05, 4.69) is 16.6 Å². The van der Waals surface area contributed by atoms with E-state index in [0.717, 1.165) is 0 Å². The van der Waals surface area contributed by atoms with Crippen molar-refractivity contribution in [3.63, 3.8) is 0 Å². The predicted molar refractivity (Wildman–Crippen MR) is 49.4 cm³/mol. The quantitative estimate of drug-likeness (QED) is 0.673. The van der Waals surface area contributed by atoms with Gasteiger partial charge in [0.05, 0.1) is 7.11 Å². The molecule has 0 spiro atoms. The average Bonchev–Trinajstić information content (AvgIpc) is 2.01. The standard InChI is InChI=1S/C9H15NO3/c1-6(2)7(11)9(3,4)10-8(12)13-5/h1H2,2-5H3,(H,10,12). The van der Waals surface area contributed by atoms with E-state index in [1.54, 1.807) is 20.8 Å². The Kier molecular flexibility index (Phi) is 3.66. The van der Waals surface area contributed by atoms with Crippen LogP contribution in [0.5, 0.6) is 0 Å². The third kappa shape index (κ3) is 3.27. The summed E-state index contributed by atoms with van der Waals surface area (Å²) >= 11 is 0. The number of rotatable bonds is 3. The molecule has 1 amide bonds. The van der Waals surface area contributed by atoms with Crippen molar-refractivity contribution in [2.75, 3.05) is 7.11 Å². The van der Waals surface area contributed by atoms with Crippen LogP contribution in [-0.2, 0) is 9.53 Å². The van der Waals surface area contributed by atoms with Gasteiger partial charge in [0.15, 0.2) is 5.78 Å². The molecule has 74 valence electrons. The molecule has 0 unspecified atom stereocenters. The lowest BCUT2D eigenvalue weighted by Crippen LogP contribution is -2.49. The third-order valence-electron chi connectivity index (χ3n) is 1.56. The van der Waals surface area contributed by atoms with Crippen molar-refractivity contribution in [2.45, 2.75) is 26.3 Å². The summed E-state index contributed by atoms with van der Waals surface area (Å²) in [7, 11) is 1.25. The molecule has 4 nitrogen and oxygen atoms in total. The summed E-state index contributed by atoms with van der Waals surface area (Å²) in [5, 5.41) is 2.42. The van der Waals surface area contributed by atoms with Crippen molar-refractivity contribution in [3.05, 3.63) is 12.2 Å². The molecule has 0 saturated carbocycles. The predicted octanol–water partition coefficient (Wildman–Crippen LogP) is 1.27. The third-order valence-corrected chi connectivity index (χ3v) is 1.56. The van der Waals surface area contributed by atoms with Gasteiger partial charge in [-0.25, -0.2) is 4.79 Å². The zero-order chi connectivity index (χ0) is 10.6. The Morgan fingerprint density at radius 2 is 1.85 bits per heavy atom. The first-order valence-electron chi connectivity index (χ1n) is 3.87. The van der Waals surface area contributed by atoms with Crippen LogP contribution in [-0.4, -0.2) is 24.5 Å². The Morgan fingerprint density at radius 1 is 1.38 bits per heavy atom. The maximum absolute atomic E-state index is 11.4. The molecule has 0 rings (SSSR count). The first-order valence-corrected chi connectivity index (χ1v) is 3.87. The second-order valence-electron chi connectivity index (χ2n) is 3.35. The summed E-state index contributed by atoms with van der Waals surface area (Å²) in [6, 6.07) is 0. The van der Waals surface area contributed by atoms with E-state index < -0.39 is 11.6 Å². The van der Waals surface area contributed by atoms with Gasteiger partial charge in [0.25, 0.3) is 0 Å². The highest BCUT2D eigenvalue weighted by Gasteiger charge is 2.29. The maximum Gasteiger partial charge on any atom is 0.407 e. The van der Waals surface area contributed by atoms with Crippen molar-refractivity contribution in [1.82, 2.24) is 5.32 Å². The first-order chi connectivity index (χ1) is 5.81. The molecule has 13 heavy (non-hydrogen) atoms. The molecule has 4 heteroatoms. The van der Waals surface area contributed by atoms with E-state index in [-0.39, 0.29) is 5.78 Å². The maximum atomic E-state index is 11.4. The largest absolute Gasteiger partial charge is 0.453 e. The number of Topliss-reactive ketones (excluding diaryl/α,β-unsaturated/α-hetero) is 1. The van der Waals surface area contributed by atoms with Gasteiger partial charge >= 0.3 is 6.09 Å². The van der Waals surface area contributed by atoms with Crippen LogP contribution in [0, 0.1) is 0 Å². The molecule has 1 N–H and O–H groups in total. The van der Waals surface area contributed by atoms with Crippen LogP contribution in [0.3, 0.4) is 0 Å². The van der Waals surface area contributed by atoms with Crippen LogP contribution in [0.2, 0.25) is 0 Å². The van der Waals surface area contributed by atoms with E-state index in [0.29, 0.717) is 5.57 Å². The highest BCUT2D eigenvalue weighted by Crippen LogP contribution is 2.09. The van der Waals surface area contributed by atoms with E-state index in [9.17, 15) is 9.59 Å². The molecule has 0 aliphatic carbocycles. The van der Waals surface area contributed by atoms with Crippen LogP contribution in [0.15, 0.2) is 12.2 Å². The second kappa shape index (κ2) is 4.07. The lowest BCUT2D eigenvalue weighted by Gasteiger charge is -2.23. The van der Waals surface area contributed by atoms with Gasteiger partial charge in [-0.2, -0.15) is 0 Å². The van der Waals surface area contributed by atoms with Crippen molar-refractivity contribution in [3.8, 4) is 0 Å². The van der Waals surface area contributed by atoms with Gasteiger partial charge in [0, 0.05) is 0 Å². The zero-order valence-corrected chi connectivity index (χ0v) is 8.43. The molecule has 0 bridgehead atoms. The second-order valence-corrected chi connectivity index (χ2v) is 3.35. The molecule has 0 aromatic carbocycles. The number of ketones is 1. The number of methoxy groups -OCH3 is 1. The number of hydrogen-bond acceptors (Lipinski definition) is 3. The van der Waals surface area contributed by atoms with Gasteiger partial charge in [-0.15, -0.1) is 0 Å². The normalized spacial score (nSPS) is 10.5. The summed E-state index contributed by atoms with van der Waals surface area (Å²) in [5.74, 6) is -0.210. The summed E-state index contributed by atoms with van der Waals surface area (Å²) in [4.78, 5) is 22.3. The SMILES string of the molecule is C=C(C)C(=O)C(C)(C)NC(=O)OC. The van der Waals surface area contributed by atoms with E-state index >= 15 is 0 Å². The minimum atomic E-state index is -0.959. The van der Waals surface area contributed by atoms with Gasteiger partial charge in [-0.05, 0) is 26.3 Å². The number of carbonyl (C=O) groups is 2. The molecule has 0 saturated heterocycles. The molecular weight excluding hydrogens is 170 g/mol. The Hall–Kier alpha value is -1.32. The zero-order valence-electron chi connectivity index (χ0n) is 8.43. The molecule has 0 radical (unpaired) electrons.